The summed E-state index contributed by atoms with van der Waals surface area (Å²) in [6.45, 7) is 3.45. The van der Waals surface area contributed by atoms with Crippen molar-refractivity contribution in [3.63, 3.8) is 0 Å². The molecule has 0 aromatic heterocycles. The Hall–Kier alpha value is -1.92. The molecule has 0 N–H and O–H groups in total. The molecule has 0 spiro atoms. The average molecular weight is 322 g/mol. The second-order valence-electron chi connectivity index (χ2n) is 4.43. The fourth-order valence-corrected chi connectivity index (χ4v) is 4.86. The second kappa shape index (κ2) is 5.83. The first-order valence-corrected chi connectivity index (χ1v) is 9.23. The molecule has 0 aliphatic carbocycles. The Kier molecular flexibility index (Phi) is 4.29. The van der Waals surface area contributed by atoms with Crippen molar-refractivity contribution in [1.29, 1.82) is 0 Å². The SMILES string of the molecule is C=C(CS(=O)(=O)c1ccccc1)S(=O)(=O)c1ccccc1. The molecule has 0 unspecified atom stereocenters. The number of sulfone groups is 2. The van der Waals surface area contributed by atoms with Crippen LogP contribution >= 0.6 is 0 Å². The van der Waals surface area contributed by atoms with Gasteiger partial charge in [0.1, 0.15) is 0 Å². The van der Waals surface area contributed by atoms with E-state index in [1.807, 2.05) is 0 Å². The van der Waals surface area contributed by atoms with Gasteiger partial charge in [-0.3, -0.25) is 0 Å². The first-order chi connectivity index (χ1) is 9.84. The minimum Gasteiger partial charge on any atom is -0.223 e. The van der Waals surface area contributed by atoms with E-state index in [9.17, 15) is 16.8 Å². The van der Waals surface area contributed by atoms with Gasteiger partial charge in [0.25, 0.3) is 0 Å². The van der Waals surface area contributed by atoms with E-state index in [1.54, 1.807) is 36.4 Å². The Morgan fingerprint density at radius 3 is 1.67 bits per heavy atom. The first kappa shape index (κ1) is 15.5. The fraction of sp³-hybridized carbons (Fsp3) is 0.0667. The molecular formula is C15H14O4S2. The maximum absolute atomic E-state index is 12.3. The zero-order valence-corrected chi connectivity index (χ0v) is 12.8. The van der Waals surface area contributed by atoms with Crippen molar-refractivity contribution in [3.05, 3.63) is 72.1 Å². The lowest BCUT2D eigenvalue weighted by atomic mass is 10.4. The van der Waals surface area contributed by atoms with Crippen LogP contribution in [0, 0.1) is 0 Å². The van der Waals surface area contributed by atoms with Crippen molar-refractivity contribution in [2.75, 3.05) is 5.75 Å². The standard InChI is InChI=1S/C15H14O4S2/c1-13(21(18,19)15-10-6-3-7-11-15)12-20(16,17)14-8-4-2-5-9-14/h2-11H,1,12H2. The van der Waals surface area contributed by atoms with Crippen LogP contribution in [0.2, 0.25) is 0 Å². The molecule has 2 aromatic rings. The molecule has 0 saturated carbocycles. The summed E-state index contributed by atoms with van der Waals surface area (Å²) >= 11 is 0. The summed E-state index contributed by atoms with van der Waals surface area (Å²) in [5.41, 5.74) is 0. The summed E-state index contributed by atoms with van der Waals surface area (Å²) in [7, 11) is -7.58. The predicted molar refractivity (Wildman–Crippen MR) is 81.3 cm³/mol. The zero-order chi connectivity index (χ0) is 15.5. The fourth-order valence-electron chi connectivity index (χ4n) is 1.77. The molecule has 0 atom stereocenters. The lowest BCUT2D eigenvalue weighted by Crippen LogP contribution is -2.15. The minimum absolute atomic E-state index is 0.0401. The Morgan fingerprint density at radius 1 is 0.762 bits per heavy atom. The van der Waals surface area contributed by atoms with E-state index in [4.69, 9.17) is 0 Å². The van der Waals surface area contributed by atoms with Gasteiger partial charge in [0, 0.05) is 0 Å². The lowest BCUT2D eigenvalue weighted by Gasteiger charge is -2.09. The molecule has 0 radical (unpaired) electrons. The van der Waals surface area contributed by atoms with Crippen molar-refractivity contribution < 1.29 is 16.8 Å². The maximum atomic E-state index is 12.3. The van der Waals surface area contributed by atoms with Crippen LogP contribution in [-0.4, -0.2) is 22.6 Å². The van der Waals surface area contributed by atoms with Crippen LogP contribution in [0.4, 0.5) is 0 Å². The Bertz CT molecular complexity index is 837. The molecule has 2 aromatic carbocycles. The summed E-state index contributed by atoms with van der Waals surface area (Å²) in [5, 5.41) is 0. The smallest absolute Gasteiger partial charge is 0.203 e. The van der Waals surface area contributed by atoms with Crippen LogP contribution in [0.25, 0.3) is 0 Å². The second-order valence-corrected chi connectivity index (χ2v) is 8.47. The third-order valence-electron chi connectivity index (χ3n) is 2.89. The zero-order valence-electron chi connectivity index (χ0n) is 11.1. The van der Waals surface area contributed by atoms with E-state index >= 15 is 0 Å². The van der Waals surface area contributed by atoms with E-state index < -0.39 is 25.4 Å². The molecule has 4 nitrogen and oxygen atoms in total. The molecule has 0 fully saturated rings. The summed E-state index contributed by atoms with van der Waals surface area (Å²) in [5.74, 6) is -0.631. The van der Waals surface area contributed by atoms with Crippen LogP contribution in [0.1, 0.15) is 0 Å². The van der Waals surface area contributed by atoms with E-state index in [0.29, 0.717) is 0 Å². The molecule has 0 heterocycles. The molecule has 0 amide bonds. The summed E-state index contributed by atoms with van der Waals surface area (Å²) in [6.07, 6.45) is 0. The number of hydrogen-bond donors (Lipinski definition) is 0. The summed E-state index contributed by atoms with van der Waals surface area (Å²) in [4.78, 5) is -0.217. The average Bonchev–Trinajstić information content (AvgIpc) is 2.48. The third-order valence-corrected chi connectivity index (χ3v) is 6.59. The highest BCUT2D eigenvalue weighted by molar-refractivity contribution is 7.98. The van der Waals surface area contributed by atoms with Crippen LogP contribution in [0.15, 0.2) is 81.9 Å². The van der Waals surface area contributed by atoms with E-state index in [2.05, 4.69) is 6.58 Å². The van der Waals surface area contributed by atoms with Gasteiger partial charge in [-0.25, -0.2) is 16.8 Å². The van der Waals surface area contributed by atoms with Crippen LogP contribution in [0.3, 0.4) is 0 Å². The van der Waals surface area contributed by atoms with Gasteiger partial charge in [0.2, 0.25) is 9.84 Å². The van der Waals surface area contributed by atoms with Crippen molar-refractivity contribution >= 4 is 19.7 Å². The Morgan fingerprint density at radius 2 is 1.19 bits per heavy atom. The van der Waals surface area contributed by atoms with Gasteiger partial charge in [-0.05, 0) is 24.3 Å². The molecule has 0 aliphatic heterocycles. The van der Waals surface area contributed by atoms with Gasteiger partial charge in [-0.1, -0.05) is 43.0 Å². The van der Waals surface area contributed by atoms with Gasteiger partial charge in [0.15, 0.2) is 9.84 Å². The first-order valence-electron chi connectivity index (χ1n) is 6.10. The van der Waals surface area contributed by atoms with Crippen molar-refractivity contribution in [2.24, 2.45) is 0 Å². The third kappa shape index (κ3) is 3.40. The van der Waals surface area contributed by atoms with Crippen molar-refractivity contribution in [2.45, 2.75) is 9.79 Å². The van der Waals surface area contributed by atoms with Gasteiger partial charge in [0.05, 0.1) is 20.4 Å². The highest BCUT2D eigenvalue weighted by atomic mass is 32.2. The van der Waals surface area contributed by atoms with E-state index in [0.717, 1.165) is 0 Å². The van der Waals surface area contributed by atoms with Crippen LogP contribution in [0.5, 0.6) is 0 Å². The quantitative estimate of drug-likeness (QED) is 0.848. The van der Waals surface area contributed by atoms with Gasteiger partial charge in [-0.15, -0.1) is 0 Å². The van der Waals surface area contributed by atoms with Crippen molar-refractivity contribution in [3.8, 4) is 0 Å². The Labute approximate surface area is 124 Å². The van der Waals surface area contributed by atoms with Gasteiger partial charge < -0.3 is 0 Å². The number of hydrogen-bond acceptors (Lipinski definition) is 4. The molecule has 0 saturated heterocycles. The van der Waals surface area contributed by atoms with E-state index in [-0.39, 0.29) is 14.7 Å². The van der Waals surface area contributed by atoms with Gasteiger partial charge in [-0.2, -0.15) is 0 Å². The highest BCUT2D eigenvalue weighted by Crippen LogP contribution is 2.21. The normalized spacial score (nSPS) is 12.0. The molecular weight excluding hydrogens is 308 g/mol. The minimum atomic E-state index is -3.85. The highest BCUT2D eigenvalue weighted by Gasteiger charge is 2.25. The molecule has 0 aliphatic rings. The topological polar surface area (TPSA) is 68.3 Å². The number of benzene rings is 2. The molecule has 110 valence electrons. The van der Waals surface area contributed by atoms with Crippen molar-refractivity contribution in [1.82, 2.24) is 0 Å². The molecule has 6 heteroatoms. The Balaban J connectivity index is 2.31. The number of rotatable bonds is 5. The maximum Gasteiger partial charge on any atom is 0.203 e. The largest absolute Gasteiger partial charge is 0.223 e. The molecule has 2 rings (SSSR count). The summed E-state index contributed by atoms with van der Waals surface area (Å²) < 4.78 is 48.9. The van der Waals surface area contributed by atoms with Gasteiger partial charge >= 0.3 is 0 Å². The van der Waals surface area contributed by atoms with Crippen LogP contribution < -0.4 is 0 Å². The molecule has 0 bridgehead atoms. The molecule has 21 heavy (non-hydrogen) atoms. The monoisotopic (exact) mass is 322 g/mol. The lowest BCUT2D eigenvalue weighted by molar-refractivity contribution is 0.592. The van der Waals surface area contributed by atoms with Crippen LogP contribution in [-0.2, 0) is 19.7 Å². The predicted octanol–water partition coefficient (Wildman–Crippen LogP) is 2.45. The summed E-state index contributed by atoms with van der Waals surface area (Å²) in [6, 6.07) is 15.4. The van der Waals surface area contributed by atoms with E-state index in [1.165, 1.54) is 24.3 Å².